The van der Waals surface area contributed by atoms with Gasteiger partial charge in [-0.05, 0) is 19.3 Å². The van der Waals surface area contributed by atoms with Crippen LogP contribution in [0.25, 0.3) is 0 Å². The van der Waals surface area contributed by atoms with Crippen molar-refractivity contribution in [2.45, 2.75) is 31.5 Å². The second-order valence-corrected chi connectivity index (χ2v) is 3.01. The van der Waals surface area contributed by atoms with Gasteiger partial charge >= 0.3 is 29.6 Å². The molecule has 5 heteroatoms. The van der Waals surface area contributed by atoms with Gasteiger partial charge in [-0.15, -0.1) is 0 Å². The van der Waals surface area contributed by atoms with Gasteiger partial charge in [-0.3, -0.25) is 0 Å². The Labute approximate surface area is 92.8 Å². The molecule has 2 N–H and O–H groups in total. The van der Waals surface area contributed by atoms with Gasteiger partial charge in [0.15, 0.2) is 0 Å². The molecule has 1 fully saturated rings. The van der Waals surface area contributed by atoms with Gasteiger partial charge in [-0.25, -0.2) is 4.39 Å². The number of aliphatic carboxylic acids is 1. The smallest absolute Gasteiger partial charge is 0.550 e. The summed E-state index contributed by atoms with van der Waals surface area (Å²) in [6, 6.07) is -0.481. The molecule has 0 amide bonds. The Kier molecular flexibility index (Phi) is 5.32. The van der Waals surface area contributed by atoms with Crippen LogP contribution in [0.3, 0.4) is 0 Å². The minimum Gasteiger partial charge on any atom is -0.550 e. The Morgan fingerprint density at radius 2 is 2.08 bits per heavy atom. The average Bonchev–Trinajstić information content (AvgIpc) is 1.94. The van der Waals surface area contributed by atoms with Gasteiger partial charge in [-0.2, -0.15) is 0 Å². The minimum atomic E-state index is -1.17. The van der Waals surface area contributed by atoms with E-state index < -0.39 is 24.1 Å². The summed E-state index contributed by atoms with van der Waals surface area (Å²) in [5, 5.41) is 10.3. The van der Waals surface area contributed by atoms with Crippen LogP contribution in [0.5, 0.6) is 0 Å². The summed E-state index contributed by atoms with van der Waals surface area (Å²) in [4.78, 5) is 10.3. The van der Waals surface area contributed by atoms with Gasteiger partial charge in [0, 0.05) is 17.9 Å². The fourth-order valence-electron chi connectivity index (χ4n) is 1.35. The average molecular weight is 183 g/mol. The summed E-state index contributed by atoms with van der Waals surface area (Å²) >= 11 is 0. The maximum absolute atomic E-state index is 12.8. The summed E-state index contributed by atoms with van der Waals surface area (Å²) in [5.74, 6) is -1.79. The molecule has 3 atom stereocenters. The molecule has 0 aromatic carbocycles. The van der Waals surface area contributed by atoms with Crippen molar-refractivity contribution in [2.75, 3.05) is 0 Å². The molecule has 1 aliphatic carbocycles. The molecule has 0 aliphatic heterocycles. The Morgan fingerprint density at radius 1 is 1.50 bits per heavy atom. The van der Waals surface area contributed by atoms with Gasteiger partial charge in [0.25, 0.3) is 0 Å². The summed E-state index contributed by atoms with van der Waals surface area (Å²) in [6.07, 6.45) is -0.264. The summed E-state index contributed by atoms with van der Waals surface area (Å²) in [5.41, 5.74) is 5.35. The van der Waals surface area contributed by atoms with E-state index >= 15 is 0 Å². The van der Waals surface area contributed by atoms with E-state index in [2.05, 4.69) is 0 Å². The summed E-state index contributed by atoms with van der Waals surface area (Å²) in [6.45, 7) is 0. The van der Waals surface area contributed by atoms with E-state index in [-0.39, 0.29) is 36.0 Å². The zero-order valence-electron chi connectivity index (χ0n) is 7.13. The van der Waals surface area contributed by atoms with Crippen LogP contribution in [0.1, 0.15) is 19.3 Å². The van der Waals surface area contributed by atoms with Gasteiger partial charge in [0.05, 0.1) is 0 Å². The number of carboxylic acids is 1. The van der Waals surface area contributed by atoms with Crippen LogP contribution in [0.2, 0.25) is 0 Å². The van der Waals surface area contributed by atoms with Crippen molar-refractivity contribution < 1.29 is 43.8 Å². The van der Waals surface area contributed by atoms with Crippen LogP contribution in [0.15, 0.2) is 0 Å². The summed E-state index contributed by atoms with van der Waals surface area (Å²) in [7, 11) is 0. The van der Waals surface area contributed by atoms with Crippen molar-refractivity contribution in [3.8, 4) is 0 Å². The van der Waals surface area contributed by atoms with Gasteiger partial charge in [0.1, 0.15) is 6.17 Å². The molecule has 0 heterocycles. The number of carbonyl (C=O) groups excluding carboxylic acids is 1. The summed E-state index contributed by atoms with van der Waals surface area (Å²) < 4.78 is 12.8. The number of carboxylic acid groups (broad SMARTS) is 1. The molecule has 3 nitrogen and oxygen atoms in total. The molecular weight excluding hydrogens is 172 g/mol. The molecule has 0 saturated heterocycles. The molecular formula is C7H11FNNaO2. The number of rotatable bonds is 1. The molecule has 12 heavy (non-hydrogen) atoms. The molecule has 1 aliphatic rings. The number of hydrogen-bond acceptors (Lipinski definition) is 3. The van der Waals surface area contributed by atoms with Crippen molar-refractivity contribution in [3.05, 3.63) is 0 Å². The first-order valence-corrected chi connectivity index (χ1v) is 3.71. The van der Waals surface area contributed by atoms with Crippen LogP contribution in [-0.2, 0) is 4.79 Å². The van der Waals surface area contributed by atoms with Crippen LogP contribution in [0.4, 0.5) is 4.39 Å². The first-order valence-electron chi connectivity index (χ1n) is 3.71. The number of nitrogens with two attached hydrogens (primary N) is 1. The van der Waals surface area contributed by atoms with Crippen LogP contribution in [0, 0.1) is 5.92 Å². The monoisotopic (exact) mass is 183 g/mol. The molecule has 1 rings (SSSR count). The van der Waals surface area contributed by atoms with Crippen LogP contribution in [-0.4, -0.2) is 18.2 Å². The fourth-order valence-corrected chi connectivity index (χ4v) is 1.35. The van der Waals surface area contributed by atoms with E-state index in [1.165, 1.54) is 0 Å². The van der Waals surface area contributed by atoms with Crippen molar-refractivity contribution in [3.63, 3.8) is 0 Å². The molecule has 64 valence electrons. The largest absolute Gasteiger partial charge is 1.00 e. The van der Waals surface area contributed by atoms with Crippen LogP contribution < -0.4 is 40.4 Å². The number of carbonyl (C=O) groups is 1. The molecule has 1 saturated carbocycles. The fraction of sp³-hybridized carbons (Fsp3) is 0.857. The molecule has 3 unspecified atom stereocenters. The Morgan fingerprint density at radius 3 is 2.50 bits per heavy atom. The topological polar surface area (TPSA) is 66.2 Å². The van der Waals surface area contributed by atoms with E-state index in [4.69, 9.17) is 5.73 Å². The molecule has 0 bridgehead atoms. The molecule has 0 spiro atoms. The number of hydrogen-bond donors (Lipinski definition) is 1. The molecule has 0 aromatic rings. The van der Waals surface area contributed by atoms with Gasteiger partial charge in [0.2, 0.25) is 0 Å². The Bertz CT molecular complexity index is 167. The maximum atomic E-state index is 12.8. The van der Waals surface area contributed by atoms with Gasteiger partial charge < -0.3 is 15.6 Å². The van der Waals surface area contributed by atoms with Crippen molar-refractivity contribution >= 4 is 5.97 Å². The second-order valence-electron chi connectivity index (χ2n) is 3.01. The maximum Gasteiger partial charge on any atom is 1.00 e. The molecule has 0 radical (unpaired) electrons. The second kappa shape index (κ2) is 5.17. The van der Waals surface area contributed by atoms with E-state index in [0.29, 0.717) is 12.8 Å². The first kappa shape index (κ1) is 12.4. The Balaban J connectivity index is 0.00000121. The zero-order chi connectivity index (χ0) is 8.43. The van der Waals surface area contributed by atoms with E-state index in [9.17, 15) is 14.3 Å². The number of halogens is 1. The normalized spacial score (nSPS) is 35.3. The van der Waals surface area contributed by atoms with Crippen molar-refractivity contribution in [1.82, 2.24) is 0 Å². The van der Waals surface area contributed by atoms with Crippen LogP contribution >= 0.6 is 0 Å². The predicted molar refractivity (Wildman–Crippen MR) is 35.2 cm³/mol. The third-order valence-electron chi connectivity index (χ3n) is 2.16. The van der Waals surface area contributed by atoms with Gasteiger partial charge in [-0.1, -0.05) is 0 Å². The van der Waals surface area contributed by atoms with Crippen molar-refractivity contribution in [1.29, 1.82) is 0 Å². The standard InChI is InChI=1S/C7H12FNO2.Na/c8-5-3-4(7(10)11)1-2-6(5)9;/h4-6H,1-3,9H2,(H,10,11);/q;+1/p-1. The van der Waals surface area contributed by atoms with E-state index in [1.807, 2.05) is 0 Å². The third kappa shape index (κ3) is 3.01. The predicted octanol–water partition coefficient (Wildman–Crippen LogP) is -3.79. The van der Waals surface area contributed by atoms with Crippen molar-refractivity contribution in [2.24, 2.45) is 11.7 Å². The number of alkyl halides is 1. The minimum absolute atomic E-state index is 0. The first-order chi connectivity index (χ1) is 5.11. The van der Waals surface area contributed by atoms with E-state index in [0.717, 1.165) is 0 Å². The van der Waals surface area contributed by atoms with E-state index in [1.54, 1.807) is 0 Å². The third-order valence-corrected chi connectivity index (χ3v) is 2.16. The SMILES string of the molecule is NC1CCC(C(=O)[O-])CC1F.[Na+]. The zero-order valence-corrected chi connectivity index (χ0v) is 9.13. The Hall–Kier alpha value is 0.360. The molecule has 0 aromatic heterocycles. The quantitative estimate of drug-likeness (QED) is 0.424.